The highest BCUT2D eigenvalue weighted by atomic mass is 16.3. The number of aromatic nitrogens is 5. The first-order valence-corrected chi connectivity index (χ1v) is 9.64. The normalized spacial score (nSPS) is 20.4. The van der Waals surface area contributed by atoms with E-state index in [0.29, 0.717) is 28.5 Å². The van der Waals surface area contributed by atoms with E-state index in [1.807, 2.05) is 10.9 Å². The van der Waals surface area contributed by atoms with Gasteiger partial charge in [-0.2, -0.15) is 5.10 Å². The highest BCUT2D eigenvalue weighted by Crippen LogP contribution is 2.33. The van der Waals surface area contributed by atoms with E-state index in [4.69, 9.17) is 10.7 Å². The molecule has 1 aliphatic rings. The number of hydrogen-bond donors (Lipinski definition) is 4. The van der Waals surface area contributed by atoms with Gasteiger partial charge in [0.1, 0.15) is 0 Å². The highest BCUT2D eigenvalue weighted by molar-refractivity contribution is 5.97. The molecule has 2 atom stereocenters. The molecule has 1 aliphatic carbocycles. The lowest BCUT2D eigenvalue weighted by atomic mass is 9.91. The summed E-state index contributed by atoms with van der Waals surface area (Å²) in [5.41, 5.74) is 8.46. The lowest BCUT2D eigenvalue weighted by molar-refractivity contribution is 0.402. The number of aromatic amines is 1. The monoisotopic (exact) mass is 369 g/mol. The van der Waals surface area contributed by atoms with Crippen molar-refractivity contribution in [3.8, 4) is 17.1 Å². The van der Waals surface area contributed by atoms with Crippen molar-refractivity contribution in [1.82, 2.24) is 24.7 Å². The second-order valence-electron chi connectivity index (χ2n) is 7.84. The molecule has 27 heavy (non-hydrogen) atoms. The Labute approximate surface area is 158 Å². The van der Waals surface area contributed by atoms with E-state index in [9.17, 15) is 5.11 Å². The summed E-state index contributed by atoms with van der Waals surface area (Å²) in [6.07, 6.45) is 9.80. The van der Waals surface area contributed by atoms with Gasteiger partial charge in [-0.25, -0.2) is 9.97 Å². The maximum Gasteiger partial charge on any atom is 0.224 e. The fourth-order valence-electron chi connectivity index (χ4n) is 3.76. The van der Waals surface area contributed by atoms with Gasteiger partial charge in [-0.05, 0) is 18.8 Å². The standard InChI is InChI=1S/C19H27N7O/c1-11(2)9-26-10-12(7-22-26)17-16-15(8-21-18(16)27)24-19(25-17)23-14-6-4-3-5-13(14)20/h7-8,10-11,13-14,21,27H,3-6,9,20H2,1-2H3,(H,23,24)/t13-,14+/m0/s1. The first-order chi connectivity index (χ1) is 13.0. The van der Waals surface area contributed by atoms with Crippen LogP contribution >= 0.6 is 0 Å². The van der Waals surface area contributed by atoms with E-state index in [2.05, 4.69) is 34.2 Å². The topological polar surface area (TPSA) is 118 Å². The lowest BCUT2D eigenvalue weighted by Gasteiger charge is -2.29. The van der Waals surface area contributed by atoms with Crippen LogP contribution in [-0.4, -0.2) is 41.9 Å². The summed E-state index contributed by atoms with van der Waals surface area (Å²) < 4.78 is 1.90. The molecule has 0 amide bonds. The van der Waals surface area contributed by atoms with Gasteiger partial charge in [0.25, 0.3) is 0 Å². The Kier molecular flexibility index (Phi) is 4.73. The molecule has 0 saturated heterocycles. The van der Waals surface area contributed by atoms with E-state index < -0.39 is 0 Å². The van der Waals surface area contributed by atoms with Crippen LogP contribution in [0.5, 0.6) is 5.88 Å². The lowest BCUT2D eigenvalue weighted by Crippen LogP contribution is -2.42. The van der Waals surface area contributed by atoms with Crippen LogP contribution in [0, 0.1) is 5.92 Å². The van der Waals surface area contributed by atoms with E-state index >= 15 is 0 Å². The van der Waals surface area contributed by atoms with Crippen molar-refractivity contribution >= 4 is 16.9 Å². The van der Waals surface area contributed by atoms with Gasteiger partial charge in [0.2, 0.25) is 5.95 Å². The minimum atomic E-state index is 0.0672. The molecule has 4 rings (SSSR count). The second-order valence-corrected chi connectivity index (χ2v) is 7.84. The molecule has 1 fully saturated rings. The second kappa shape index (κ2) is 7.19. The van der Waals surface area contributed by atoms with Gasteiger partial charge in [-0.3, -0.25) is 4.68 Å². The Morgan fingerprint density at radius 2 is 2.15 bits per heavy atom. The molecule has 0 radical (unpaired) electrons. The molecular formula is C19H27N7O. The number of rotatable bonds is 5. The van der Waals surface area contributed by atoms with Crippen molar-refractivity contribution in [2.75, 3.05) is 5.32 Å². The van der Waals surface area contributed by atoms with Gasteiger partial charge >= 0.3 is 0 Å². The molecule has 0 unspecified atom stereocenters. The third-order valence-electron chi connectivity index (χ3n) is 5.11. The van der Waals surface area contributed by atoms with Crippen LogP contribution in [0.4, 0.5) is 5.95 Å². The molecule has 0 spiro atoms. The van der Waals surface area contributed by atoms with Crippen LogP contribution in [0.2, 0.25) is 0 Å². The van der Waals surface area contributed by atoms with Crippen LogP contribution in [0.3, 0.4) is 0 Å². The summed E-state index contributed by atoms with van der Waals surface area (Å²) in [7, 11) is 0. The molecule has 0 bridgehead atoms. The highest BCUT2D eigenvalue weighted by Gasteiger charge is 2.24. The Bertz CT molecular complexity index is 929. The van der Waals surface area contributed by atoms with Crippen molar-refractivity contribution in [2.24, 2.45) is 11.7 Å². The van der Waals surface area contributed by atoms with Crippen LogP contribution in [0.15, 0.2) is 18.6 Å². The Hall–Kier alpha value is -2.61. The molecule has 144 valence electrons. The number of H-pyrrole nitrogens is 1. The van der Waals surface area contributed by atoms with Crippen molar-refractivity contribution in [3.05, 3.63) is 18.6 Å². The smallest absolute Gasteiger partial charge is 0.224 e. The molecule has 0 aromatic carbocycles. The van der Waals surface area contributed by atoms with Crippen LogP contribution in [0.1, 0.15) is 39.5 Å². The van der Waals surface area contributed by atoms with Crippen molar-refractivity contribution in [3.63, 3.8) is 0 Å². The number of nitrogens with zero attached hydrogens (tertiary/aromatic N) is 4. The molecule has 0 aliphatic heterocycles. The summed E-state index contributed by atoms with van der Waals surface area (Å²) in [6.45, 7) is 5.13. The van der Waals surface area contributed by atoms with Crippen molar-refractivity contribution in [2.45, 2.75) is 58.2 Å². The van der Waals surface area contributed by atoms with Gasteiger partial charge in [-0.1, -0.05) is 26.7 Å². The van der Waals surface area contributed by atoms with Gasteiger partial charge < -0.3 is 21.1 Å². The van der Waals surface area contributed by atoms with Crippen LogP contribution in [0.25, 0.3) is 22.2 Å². The minimum absolute atomic E-state index is 0.0672. The molecule has 8 heteroatoms. The predicted octanol–water partition coefficient (Wildman–Crippen LogP) is 2.86. The van der Waals surface area contributed by atoms with Gasteiger partial charge in [0.15, 0.2) is 5.88 Å². The SMILES string of the molecule is CC(C)Cn1cc(-c2nc(N[C@@H]3CCCC[C@@H]3N)nc3c[nH]c(O)c23)cn1. The molecular weight excluding hydrogens is 342 g/mol. The zero-order valence-corrected chi connectivity index (χ0v) is 15.8. The average molecular weight is 369 g/mol. The third kappa shape index (κ3) is 3.62. The number of fused-ring (bicyclic) bond motifs is 1. The number of aromatic hydroxyl groups is 1. The zero-order chi connectivity index (χ0) is 19.0. The van der Waals surface area contributed by atoms with Crippen molar-refractivity contribution in [1.29, 1.82) is 0 Å². The number of nitrogens with two attached hydrogens (primary N) is 1. The molecule has 1 saturated carbocycles. The molecule has 5 N–H and O–H groups in total. The van der Waals surface area contributed by atoms with E-state index in [1.54, 1.807) is 12.4 Å². The largest absolute Gasteiger partial charge is 0.494 e. The summed E-state index contributed by atoms with van der Waals surface area (Å²) in [5, 5.41) is 18.7. The van der Waals surface area contributed by atoms with E-state index in [-0.39, 0.29) is 18.0 Å². The molecule has 3 heterocycles. The number of anilines is 1. The first kappa shape index (κ1) is 17.8. The summed E-state index contributed by atoms with van der Waals surface area (Å²) in [4.78, 5) is 12.1. The number of hydrogen-bond acceptors (Lipinski definition) is 6. The molecule has 3 aromatic heterocycles. The maximum absolute atomic E-state index is 10.3. The Morgan fingerprint density at radius 3 is 2.93 bits per heavy atom. The summed E-state index contributed by atoms with van der Waals surface area (Å²) in [5.74, 6) is 1.10. The fourth-order valence-corrected chi connectivity index (χ4v) is 3.76. The average Bonchev–Trinajstić information content (AvgIpc) is 3.23. The van der Waals surface area contributed by atoms with E-state index in [1.165, 1.54) is 6.42 Å². The van der Waals surface area contributed by atoms with Crippen LogP contribution < -0.4 is 11.1 Å². The third-order valence-corrected chi connectivity index (χ3v) is 5.11. The summed E-state index contributed by atoms with van der Waals surface area (Å²) in [6, 6.07) is 0.273. The predicted molar refractivity (Wildman–Crippen MR) is 105 cm³/mol. The van der Waals surface area contributed by atoms with Crippen LogP contribution in [-0.2, 0) is 6.54 Å². The van der Waals surface area contributed by atoms with E-state index in [0.717, 1.165) is 31.4 Å². The van der Waals surface area contributed by atoms with Crippen molar-refractivity contribution < 1.29 is 5.11 Å². The zero-order valence-electron chi connectivity index (χ0n) is 15.8. The molecule has 3 aromatic rings. The minimum Gasteiger partial charge on any atom is -0.494 e. The molecule has 8 nitrogen and oxygen atoms in total. The van der Waals surface area contributed by atoms with Gasteiger partial charge in [-0.15, -0.1) is 0 Å². The Morgan fingerprint density at radius 1 is 1.33 bits per heavy atom. The van der Waals surface area contributed by atoms with Gasteiger partial charge in [0.05, 0.1) is 22.8 Å². The quantitative estimate of drug-likeness (QED) is 0.549. The van der Waals surface area contributed by atoms with Gasteiger partial charge in [0, 0.05) is 36.6 Å². The maximum atomic E-state index is 10.3. The Balaban J connectivity index is 1.72. The first-order valence-electron chi connectivity index (χ1n) is 9.64. The number of nitrogens with one attached hydrogen (secondary N) is 2. The fraction of sp³-hybridized carbons (Fsp3) is 0.526. The summed E-state index contributed by atoms with van der Waals surface area (Å²) >= 11 is 0.